The summed E-state index contributed by atoms with van der Waals surface area (Å²) < 4.78 is 1.30. The van der Waals surface area contributed by atoms with Gasteiger partial charge < -0.3 is 0 Å². The molecule has 2 aromatic carbocycles. The minimum absolute atomic E-state index is 0.00774. The van der Waals surface area contributed by atoms with Gasteiger partial charge in [0, 0.05) is 18.6 Å². The molecule has 0 radical (unpaired) electrons. The van der Waals surface area contributed by atoms with Gasteiger partial charge in [0.2, 0.25) is 0 Å². The molecule has 0 aliphatic rings. The number of aryl methyl sites for hydroxylation is 1. The number of hydrogen-bond acceptors (Lipinski definition) is 5. The zero-order valence-corrected chi connectivity index (χ0v) is 13.6. The lowest BCUT2D eigenvalue weighted by atomic mass is 10.2. The molecule has 0 fully saturated rings. The van der Waals surface area contributed by atoms with Crippen molar-refractivity contribution in [3.8, 4) is 0 Å². The third-order valence-electron chi connectivity index (χ3n) is 3.72. The molecule has 0 saturated carbocycles. The van der Waals surface area contributed by atoms with Crippen LogP contribution >= 0.6 is 0 Å². The van der Waals surface area contributed by atoms with Crippen LogP contribution in [0.4, 0.5) is 5.69 Å². The molecule has 7 nitrogen and oxygen atoms in total. The number of aromatic nitrogens is 2. The summed E-state index contributed by atoms with van der Waals surface area (Å²) in [7, 11) is 0. The number of non-ortho nitro benzene ring substituents is 1. The molecular weight excluding hydrogens is 320 g/mol. The maximum absolute atomic E-state index is 12.7. The second-order valence-corrected chi connectivity index (χ2v) is 5.51. The Hall–Kier alpha value is -3.35. The third kappa shape index (κ3) is 3.45. The second kappa shape index (κ2) is 7.04. The summed E-state index contributed by atoms with van der Waals surface area (Å²) in [6.07, 6.45) is 2.95. The van der Waals surface area contributed by atoms with Crippen LogP contribution in [0.1, 0.15) is 24.7 Å². The quantitative estimate of drug-likeness (QED) is 0.406. The second-order valence-electron chi connectivity index (χ2n) is 5.51. The normalized spacial score (nSPS) is 11.2. The summed E-state index contributed by atoms with van der Waals surface area (Å²) in [5.74, 6) is 0.587. The van der Waals surface area contributed by atoms with Gasteiger partial charge in [0.05, 0.1) is 22.0 Å². The topological polar surface area (TPSA) is 90.4 Å². The highest BCUT2D eigenvalue weighted by atomic mass is 16.6. The summed E-state index contributed by atoms with van der Waals surface area (Å²) in [6.45, 7) is 2.01. The highest BCUT2D eigenvalue weighted by Crippen LogP contribution is 2.12. The van der Waals surface area contributed by atoms with E-state index in [2.05, 4.69) is 10.1 Å². The van der Waals surface area contributed by atoms with Gasteiger partial charge in [-0.3, -0.25) is 14.9 Å². The number of hydrogen-bond donors (Lipinski definition) is 0. The Morgan fingerprint density at radius 1 is 1.20 bits per heavy atom. The first-order valence-corrected chi connectivity index (χ1v) is 7.89. The molecule has 0 N–H and O–H groups in total. The Bertz CT molecular complexity index is 1010. The fraction of sp³-hybridized carbons (Fsp3) is 0.167. The van der Waals surface area contributed by atoms with E-state index >= 15 is 0 Å². The summed E-state index contributed by atoms with van der Waals surface area (Å²) >= 11 is 0. The predicted octanol–water partition coefficient (Wildman–Crippen LogP) is 3.14. The fourth-order valence-corrected chi connectivity index (χ4v) is 2.48. The van der Waals surface area contributed by atoms with Crippen LogP contribution in [0.5, 0.6) is 0 Å². The number of nitro benzene ring substituents is 1. The van der Waals surface area contributed by atoms with Gasteiger partial charge in [-0.1, -0.05) is 19.1 Å². The smallest absolute Gasteiger partial charge is 0.267 e. The Morgan fingerprint density at radius 3 is 2.60 bits per heavy atom. The molecule has 0 spiro atoms. The molecule has 126 valence electrons. The molecule has 0 amide bonds. The van der Waals surface area contributed by atoms with E-state index in [1.54, 1.807) is 30.3 Å². The molecule has 0 aliphatic carbocycles. The molecule has 0 saturated heterocycles. The molecule has 1 aromatic heterocycles. The van der Waals surface area contributed by atoms with Crippen molar-refractivity contribution >= 4 is 22.8 Å². The van der Waals surface area contributed by atoms with E-state index in [0.717, 1.165) is 6.42 Å². The lowest BCUT2D eigenvalue weighted by Crippen LogP contribution is -2.22. The van der Waals surface area contributed by atoms with Gasteiger partial charge in [0.25, 0.3) is 11.2 Å². The molecule has 3 rings (SSSR count). The highest BCUT2D eigenvalue weighted by molar-refractivity contribution is 5.80. The number of nitro groups is 1. The van der Waals surface area contributed by atoms with Crippen molar-refractivity contribution in [2.24, 2.45) is 5.10 Å². The average molecular weight is 336 g/mol. The lowest BCUT2D eigenvalue weighted by Gasteiger charge is -2.08. The first kappa shape index (κ1) is 16.5. The summed E-state index contributed by atoms with van der Waals surface area (Å²) in [5.41, 5.74) is 1.09. The number of para-hydroxylation sites is 1. The Labute approximate surface area is 143 Å². The van der Waals surface area contributed by atoms with Crippen LogP contribution in [0.25, 0.3) is 10.9 Å². The van der Waals surface area contributed by atoms with Gasteiger partial charge in [-0.2, -0.15) is 9.78 Å². The van der Waals surface area contributed by atoms with E-state index in [1.807, 2.05) is 13.0 Å². The van der Waals surface area contributed by atoms with Crippen LogP contribution in [-0.4, -0.2) is 20.8 Å². The molecule has 0 unspecified atom stereocenters. The van der Waals surface area contributed by atoms with Gasteiger partial charge in [-0.05, 0) is 36.2 Å². The van der Waals surface area contributed by atoms with Crippen LogP contribution in [0.2, 0.25) is 0 Å². The number of fused-ring (bicyclic) bond motifs is 1. The van der Waals surface area contributed by atoms with Crippen LogP contribution in [0, 0.1) is 10.1 Å². The molecule has 1 heterocycles. The Kier molecular flexibility index (Phi) is 4.65. The summed E-state index contributed by atoms with van der Waals surface area (Å²) in [4.78, 5) is 27.5. The van der Waals surface area contributed by atoms with E-state index < -0.39 is 4.92 Å². The number of rotatable bonds is 5. The maximum Gasteiger partial charge on any atom is 0.282 e. The van der Waals surface area contributed by atoms with Gasteiger partial charge >= 0.3 is 0 Å². The van der Waals surface area contributed by atoms with Gasteiger partial charge in [0.1, 0.15) is 5.82 Å². The van der Waals surface area contributed by atoms with E-state index in [1.165, 1.54) is 23.0 Å². The number of benzene rings is 2. The first-order chi connectivity index (χ1) is 12.1. The fourth-order valence-electron chi connectivity index (χ4n) is 2.48. The molecule has 0 aliphatic heterocycles. The molecule has 0 atom stereocenters. The zero-order chi connectivity index (χ0) is 17.8. The molecular formula is C18H16N4O3. The summed E-state index contributed by atoms with van der Waals surface area (Å²) in [6, 6.07) is 13.1. The maximum atomic E-state index is 12.7. The van der Waals surface area contributed by atoms with Crippen LogP contribution in [0.3, 0.4) is 0 Å². The Morgan fingerprint density at radius 2 is 1.92 bits per heavy atom. The van der Waals surface area contributed by atoms with Crippen molar-refractivity contribution in [3.63, 3.8) is 0 Å². The minimum atomic E-state index is -0.460. The van der Waals surface area contributed by atoms with Crippen molar-refractivity contribution in [1.82, 2.24) is 9.66 Å². The van der Waals surface area contributed by atoms with Gasteiger partial charge in [-0.25, -0.2) is 4.98 Å². The van der Waals surface area contributed by atoms with E-state index in [4.69, 9.17) is 0 Å². The molecule has 0 bridgehead atoms. The third-order valence-corrected chi connectivity index (χ3v) is 3.72. The van der Waals surface area contributed by atoms with Crippen molar-refractivity contribution in [2.75, 3.05) is 0 Å². The van der Waals surface area contributed by atoms with Crippen LogP contribution < -0.4 is 5.56 Å². The van der Waals surface area contributed by atoms with E-state index in [0.29, 0.717) is 28.7 Å². The van der Waals surface area contributed by atoms with Gasteiger partial charge in [-0.15, -0.1) is 0 Å². The largest absolute Gasteiger partial charge is 0.282 e. The van der Waals surface area contributed by atoms with E-state index in [-0.39, 0.29) is 11.2 Å². The average Bonchev–Trinajstić information content (AvgIpc) is 2.62. The van der Waals surface area contributed by atoms with Crippen molar-refractivity contribution in [1.29, 1.82) is 0 Å². The molecule has 3 aromatic rings. The van der Waals surface area contributed by atoms with Gasteiger partial charge in [0.15, 0.2) is 0 Å². The first-order valence-electron chi connectivity index (χ1n) is 7.89. The summed E-state index contributed by atoms with van der Waals surface area (Å²) in [5, 5.41) is 15.5. The Balaban J connectivity index is 2.04. The van der Waals surface area contributed by atoms with Crippen molar-refractivity contribution in [3.05, 3.63) is 80.4 Å². The van der Waals surface area contributed by atoms with E-state index in [9.17, 15) is 14.9 Å². The standard InChI is InChI=1S/C18H16N4O3/c1-2-5-17-20-16-7-4-3-6-15(16)18(23)21(17)19-12-13-8-10-14(11-9-13)22(24)25/h3-4,6-12H,2,5H2,1H3. The predicted molar refractivity (Wildman–Crippen MR) is 96.1 cm³/mol. The van der Waals surface area contributed by atoms with Crippen molar-refractivity contribution < 1.29 is 4.92 Å². The monoisotopic (exact) mass is 336 g/mol. The van der Waals surface area contributed by atoms with Crippen LogP contribution in [-0.2, 0) is 6.42 Å². The van der Waals surface area contributed by atoms with Crippen LogP contribution in [0.15, 0.2) is 58.4 Å². The zero-order valence-electron chi connectivity index (χ0n) is 13.6. The highest BCUT2D eigenvalue weighted by Gasteiger charge is 2.09. The SMILES string of the molecule is CCCc1nc2ccccc2c(=O)n1N=Cc1ccc([N+](=O)[O-])cc1. The minimum Gasteiger partial charge on any atom is -0.267 e. The van der Waals surface area contributed by atoms with Crippen molar-refractivity contribution in [2.45, 2.75) is 19.8 Å². The molecule has 25 heavy (non-hydrogen) atoms. The molecule has 7 heteroatoms. The number of nitrogens with zero attached hydrogens (tertiary/aromatic N) is 4. The lowest BCUT2D eigenvalue weighted by molar-refractivity contribution is -0.384.